The van der Waals surface area contributed by atoms with Crippen LogP contribution in [-0.2, 0) is 9.84 Å². The summed E-state index contributed by atoms with van der Waals surface area (Å²) in [6, 6.07) is 7.91. The zero-order chi connectivity index (χ0) is 16.5. The zero-order valence-corrected chi connectivity index (χ0v) is 15.8. The SMILES string of the molecule is CC(=O)c1ccc(C(C)(C)CO[Si](C)(C)C(C)(C)C)cc1. The molecule has 0 saturated carbocycles. The van der Waals surface area contributed by atoms with E-state index in [0.717, 1.165) is 5.56 Å². The molecule has 1 aromatic carbocycles. The molecule has 1 rings (SSSR count). The molecule has 0 amide bonds. The molecule has 0 radical (unpaired) electrons. The minimum absolute atomic E-state index is 0.0508. The van der Waals surface area contributed by atoms with Gasteiger partial charge >= 0.3 is 0 Å². The maximum atomic E-state index is 11.4. The van der Waals surface area contributed by atoms with E-state index in [-0.39, 0.29) is 16.2 Å². The monoisotopic (exact) mass is 306 g/mol. The first-order chi connectivity index (χ1) is 9.37. The van der Waals surface area contributed by atoms with Crippen molar-refractivity contribution in [2.75, 3.05) is 6.61 Å². The number of ketones is 1. The molecular formula is C18H30O2Si. The molecule has 2 nitrogen and oxygen atoms in total. The van der Waals surface area contributed by atoms with E-state index in [2.05, 4.69) is 47.7 Å². The van der Waals surface area contributed by atoms with Gasteiger partial charge in [0.25, 0.3) is 0 Å². The summed E-state index contributed by atoms with van der Waals surface area (Å²) in [5.74, 6) is 0.108. The van der Waals surface area contributed by atoms with Crippen molar-refractivity contribution >= 4 is 14.1 Å². The Kier molecular flexibility index (Phi) is 5.22. The predicted molar refractivity (Wildman–Crippen MR) is 92.6 cm³/mol. The van der Waals surface area contributed by atoms with E-state index in [1.807, 2.05) is 24.3 Å². The Labute approximate surface area is 131 Å². The lowest BCUT2D eigenvalue weighted by atomic mass is 9.85. The molecule has 0 aliphatic rings. The highest BCUT2D eigenvalue weighted by molar-refractivity contribution is 6.74. The summed E-state index contributed by atoms with van der Waals surface area (Å²) in [4.78, 5) is 11.4. The largest absolute Gasteiger partial charge is 0.416 e. The highest BCUT2D eigenvalue weighted by Gasteiger charge is 2.38. The third-order valence-corrected chi connectivity index (χ3v) is 9.15. The number of carbonyl (C=O) groups is 1. The van der Waals surface area contributed by atoms with Crippen LogP contribution in [0.2, 0.25) is 18.1 Å². The lowest BCUT2D eigenvalue weighted by Gasteiger charge is -2.39. The first kappa shape index (κ1) is 18.1. The van der Waals surface area contributed by atoms with Crippen molar-refractivity contribution in [3.63, 3.8) is 0 Å². The van der Waals surface area contributed by atoms with Crippen LogP contribution in [0.5, 0.6) is 0 Å². The topological polar surface area (TPSA) is 26.3 Å². The number of rotatable bonds is 5. The van der Waals surface area contributed by atoms with Gasteiger partial charge in [-0.25, -0.2) is 0 Å². The molecule has 21 heavy (non-hydrogen) atoms. The van der Waals surface area contributed by atoms with Crippen molar-refractivity contribution in [3.8, 4) is 0 Å². The minimum atomic E-state index is -1.73. The first-order valence-corrected chi connectivity index (χ1v) is 10.5. The van der Waals surface area contributed by atoms with Gasteiger partial charge in [-0.3, -0.25) is 4.79 Å². The van der Waals surface area contributed by atoms with E-state index in [4.69, 9.17) is 4.43 Å². The van der Waals surface area contributed by atoms with Crippen LogP contribution < -0.4 is 0 Å². The third kappa shape index (κ3) is 4.52. The fourth-order valence-corrected chi connectivity index (χ4v) is 2.97. The Hall–Kier alpha value is -0.933. The molecule has 0 aromatic heterocycles. The second-order valence-corrected chi connectivity index (χ2v) is 12.9. The average Bonchev–Trinajstić information content (AvgIpc) is 2.35. The standard InChI is InChI=1S/C18H30O2Si/c1-14(19)15-9-11-16(12-10-15)18(5,6)13-20-21(7,8)17(2,3)4/h9-12H,13H2,1-8H3. The van der Waals surface area contributed by atoms with Gasteiger partial charge in [0.15, 0.2) is 14.1 Å². The summed E-state index contributed by atoms with van der Waals surface area (Å²) in [5.41, 5.74) is 1.93. The second-order valence-electron chi connectivity index (χ2n) is 8.07. The maximum absolute atomic E-state index is 11.4. The summed E-state index contributed by atoms with van der Waals surface area (Å²) < 4.78 is 6.36. The smallest absolute Gasteiger partial charge is 0.192 e. The van der Waals surface area contributed by atoms with Gasteiger partial charge in [0.05, 0.1) is 0 Å². The Morgan fingerprint density at radius 1 is 1.05 bits per heavy atom. The number of carbonyl (C=O) groups excluding carboxylic acids is 1. The lowest BCUT2D eigenvalue weighted by Crippen LogP contribution is -2.43. The van der Waals surface area contributed by atoms with Gasteiger partial charge in [-0.1, -0.05) is 58.9 Å². The Morgan fingerprint density at radius 2 is 1.52 bits per heavy atom. The third-order valence-electron chi connectivity index (χ3n) is 4.67. The average molecular weight is 307 g/mol. The highest BCUT2D eigenvalue weighted by atomic mass is 28.4. The van der Waals surface area contributed by atoms with Crippen LogP contribution >= 0.6 is 0 Å². The fourth-order valence-electron chi connectivity index (χ4n) is 1.82. The molecule has 0 N–H and O–H groups in total. The summed E-state index contributed by atoms with van der Waals surface area (Å²) in [5, 5.41) is 0.224. The zero-order valence-electron chi connectivity index (χ0n) is 14.8. The van der Waals surface area contributed by atoms with Gasteiger partial charge < -0.3 is 4.43 Å². The van der Waals surface area contributed by atoms with Crippen LogP contribution in [0.25, 0.3) is 0 Å². The minimum Gasteiger partial charge on any atom is -0.416 e. The van der Waals surface area contributed by atoms with Gasteiger partial charge in [0, 0.05) is 17.6 Å². The number of hydrogen-bond donors (Lipinski definition) is 0. The van der Waals surface area contributed by atoms with E-state index in [1.165, 1.54) is 5.56 Å². The van der Waals surface area contributed by atoms with Crippen LogP contribution in [-0.4, -0.2) is 20.7 Å². The van der Waals surface area contributed by atoms with Crippen molar-refractivity contribution in [1.29, 1.82) is 0 Å². The summed E-state index contributed by atoms with van der Waals surface area (Å²) in [7, 11) is -1.73. The molecule has 0 heterocycles. The van der Waals surface area contributed by atoms with Crippen molar-refractivity contribution in [2.45, 2.75) is 65.1 Å². The first-order valence-electron chi connectivity index (χ1n) is 7.62. The Balaban J connectivity index is 2.84. The second kappa shape index (κ2) is 6.05. The number of benzene rings is 1. The molecular weight excluding hydrogens is 276 g/mol. The van der Waals surface area contributed by atoms with Crippen molar-refractivity contribution in [3.05, 3.63) is 35.4 Å². The van der Waals surface area contributed by atoms with Gasteiger partial charge in [0.2, 0.25) is 0 Å². The maximum Gasteiger partial charge on any atom is 0.192 e. The molecule has 0 fully saturated rings. The highest BCUT2D eigenvalue weighted by Crippen LogP contribution is 2.38. The van der Waals surface area contributed by atoms with Gasteiger partial charge in [-0.2, -0.15) is 0 Å². The molecule has 0 atom stereocenters. The molecule has 0 bridgehead atoms. The van der Waals surface area contributed by atoms with Gasteiger partial charge in [0.1, 0.15) is 0 Å². The molecule has 3 heteroatoms. The molecule has 0 unspecified atom stereocenters. The molecule has 0 spiro atoms. The number of hydrogen-bond acceptors (Lipinski definition) is 2. The van der Waals surface area contributed by atoms with Crippen molar-refractivity contribution in [2.24, 2.45) is 0 Å². The van der Waals surface area contributed by atoms with Crippen molar-refractivity contribution in [1.82, 2.24) is 0 Å². The van der Waals surface area contributed by atoms with Crippen LogP contribution in [0.3, 0.4) is 0 Å². The molecule has 0 aliphatic carbocycles. The van der Waals surface area contributed by atoms with Crippen LogP contribution in [0.4, 0.5) is 0 Å². The predicted octanol–water partition coefficient (Wildman–Crippen LogP) is 5.19. The molecule has 0 aliphatic heterocycles. The summed E-state index contributed by atoms with van der Waals surface area (Å²) in [6.45, 7) is 18.0. The van der Waals surface area contributed by atoms with Crippen LogP contribution in [0, 0.1) is 0 Å². The van der Waals surface area contributed by atoms with Gasteiger partial charge in [-0.05, 0) is 30.6 Å². The molecule has 1 aromatic rings. The van der Waals surface area contributed by atoms with E-state index in [0.29, 0.717) is 6.61 Å². The molecule has 118 valence electrons. The van der Waals surface area contributed by atoms with Gasteiger partial charge in [-0.15, -0.1) is 0 Å². The van der Waals surface area contributed by atoms with Crippen LogP contribution in [0.1, 0.15) is 57.5 Å². The van der Waals surface area contributed by atoms with Crippen LogP contribution in [0.15, 0.2) is 24.3 Å². The van der Waals surface area contributed by atoms with E-state index in [9.17, 15) is 4.79 Å². The lowest BCUT2D eigenvalue weighted by molar-refractivity contribution is 0.101. The number of Topliss-reactive ketones (excluding diaryl/α,β-unsaturated/α-hetero) is 1. The van der Waals surface area contributed by atoms with E-state index < -0.39 is 8.32 Å². The van der Waals surface area contributed by atoms with E-state index >= 15 is 0 Å². The van der Waals surface area contributed by atoms with E-state index in [1.54, 1.807) is 6.92 Å². The Bertz CT molecular complexity index is 493. The van der Waals surface area contributed by atoms with Crippen molar-refractivity contribution < 1.29 is 9.22 Å². The molecule has 0 saturated heterocycles. The normalized spacial score (nSPS) is 13.3. The summed E-state index contributed by atoms with van der Waals surface area (Å²) >= 11 is 0. The quantitative estimate of drug-likeness (QED) is 0.553. The summed E-state index contributed by atoms with van der Waals surface area (Å²) in [6.07, 6.45) is 0. The Morgan fingerprint density at radius 3 is 1.90 bits per heavy atom. The fraction of sp³-hybridized carbons (Fsp3) is 0.611.